The molecule has 7 nitrogen and oxygen atoms in total. The van der Waals surface area contributed by atoms with Crippen LogP contribution in [0.2, 0.25) is 5.02 Å². The lowest BCUT2D eigenvalue weighted by Crippen LogP contribution is -2.50. The standard InChI is InChI=1S/C17H20ClN3O4/c1-11-14(9-19-21(11)13-6-4-12(18)5-7-13)16(24)20-17(2,10-25-3)8-15(22)23/h4-7,9H,8,10H2,1-3H3,(H,20,24)(H,22,23). The highest BCUT2D eigenvalue weighted by Crippen LogP contribution is 2.18. The van der Waals surface area contributed by atoms with E-state index in [4.69, 9.17) is 21.4 Å². The Labute approximate surface area is 150 Å². The van der Waals surface area contributed by atoms with Crippen LogP contribution < -0.4 is 5.32 Å². The quantitative estimate of drug-likeness (QED) is 0.786. The van der Waals surface area contributed by atoms with Crippen molar-refractivity contribution in [1.82, 2.24) is 15.1 Å². The van der Waals surface area contributed by atoms with Crippen LogP contribution in [0.15, 0.2) is 30.5 Å². The van der Waals surface area contributed by atoms with Crippen molar-refractivity contribution < 1.29 is 19.4 Å². The molecule has 0 aliphatic carbocycles. The first kappa shape index (κ1) is 19.0. The first-order valence-electron chi connectivity index (χ1n) is 7.59. The molecule has 1 heterocycles. The van der Waals surface area contributed by atoms with E-state index >= 15 is 0 Å². The second-order valence-corrected chi connectivity index (χ2v) is 6.49. The van der Waals surface area contributed by atoms with E-state index in [2.05, 4.69) is 10.4 Å². The molecule has 2 aromatic rings. The topological polar surface area (TPSA) is 93.4 Å². The smallest absolute Gasteiger partial charge is 0.305 e. The Kier molecular flexibility index (Phi) is 5.81. The zero-order valence-corrected chi connectivity index (χ0v) is 15.0. The molecule has 2 N–H and O–H groups in total. The molecule has 2 rings (SSSR count). The predicted octanol–water partition coefficient (Wildman–Crippen LogP) is 2.44. The number of nitrogens with one attached hydrogen (secondary N) is 1. The number of rotatable bonds is 7. The van der Waals surface area contributed by atoms with E-state index < -0.39 is 17.4 Å². The van der Waals surface area contributed by atoms with Crippen LogP contribution in [0.4, 0.5) is 0 Å². The van der Waals surface area contributed by atoms with Crippen LogP contribution in [-0.4, -0.2) is 46.0 Å². The molecule has 1 aromatic heterocycles. The van der Waals surface area contributed by atoms with Gasteiger partial charge >= 0.3 is 5.97 Å². The van der Waals surface area contributed by atoms with Gasteiger partial charge in [-0.05, 0) is 38.1 Å². The minimum Gasteiger partial charge on any atom is -0.481 e. The van der Waals surface area contributed by atoms with Crippen LogP contribution in [0.5, 0.6) is 0 Å². The predicted molar refractivity (Wildman–Crippen MR) is 93.3 cm³/mol. The first-order chi connectivity index (χ1) is 11.8. The molecule has 0 radical (unpaired) electrons. The minimum absolute atomic E-state index is 0.0788. The molecular formula is C17H20ClN3O4. The Morgan fingerprint density at radius 1 is 1.36 bits per heavy atom. The largest absolute Gasteiger partial charge is 0.481 e. The summed E-state index contributed by atoms with van der Waals surface area (Å²) in [4.78, 5) is 23.7. The van der Waals surface area contributed by atoms with Gasteiger partial charge in [-0.25, -0.2) is 4.68 Å². The molecule has 134 valence electrons. The summed E-state index contributed by atoms with van der Waals surface area (Å²) < 4.78 is 6.67. The summed E-state index contributed by atoms with van der Waals surface area (Å²) in [5, 5.41) is 16.6. The molecule has 0 fully saturated rings. The number of halogens is 1. The zero-order valence-electron chi connectivity index (χ0n) is 14.2. The number of nitrogens with zero attached hydrogens (tertiary/aromatic N) is 2. The Balaban J connectivity index is 2.25. The van der Waals surface area contributed by atoms with E-state index in [9.17, 15) is 9.59 Å². The van der Waals surface area contributed by atoms with Crippen molar-refractivity contribution in [2.45, 2.75) is 25.8 Å². The maximum Gasteiger partial charge on any atom is 0.305 e. The summed E-state index contributed by atoms with van der Waals surface area (Å²) in [6.45, 7) is 3.47. The van der Waals surface area contributed by atoms with Gasteiger partial charge in [0.25, 0.3) is 5.91 Å². The fraction of sp³-hybridized carbons (Fsp3) is 0.353. The highest BCUT2D eigenvalue weighted by molar-refractivity contribution is 6.30. The van der Waals surface area contributed by atoms with Crippen molar-refractivity contribution in [3.63, 3.8) is 0 Å². The molecule has 0 bridgehead atoms. The Bertz CT molecular complexity index is 773. The molecule has 8 heteroatoms. The summed E-state index contributed by atoms with van der Waals surface area (Å²) in [5.74, 6) is -1.42. The summed E-state index contributed by atoms with van der Waals surface area (Å²) in [5.41, 5.74) is 0.746. The minimum atomic E-state index is -1.02. The van der Waals surface area contributed by atoms with Crippen molar-refractivity contribution in [2.24, 2.45) is 0 Å². The number of aromatic nitrogens is 2. The normalized spacial score (nSPS) is 13.3. The third kappa shape index (κ3) is 4.58. The van der Waals surface area contributed by atoms with Gasteiger partial charge in [0.15, 0.2) is 0 Å². The lowest BCUT2D eigenvalue weighted by Gasteiger charge is -2.28. The molecule has 25 heavy (non-hydrogen) atoms. The SMILES string of the molecule is COCC(C)(CC(=O)O)NC(=O)c1cnn(-c2ccc(Cl)cc2)c1C. The number of carboxylic acids is 1. The summed E-state index contributed by atoms with van der Waals surface area (Å²) in [6, 6.07) is 7.06. The molecule has 0 aliphatic heterocycles. The molecule has 0 saturated heterocycles. The number of carboxylic acid groups (broad SMARTS) is 1. The lowest BCUT2D eigenvalue weighted by molar-refractivity contribution is -0.139. The third-order valence-electron chi connectivity index (χ3n) is 3.75. The molecule has 1 unspecified atom stereocenters. The third-order valence-corrected chi connectivity index (χ3v) is 4.00. The second-order valence-electron chi connectivity index (χ2n) is 6.05. The fourth-order valence-corrected chi connectivity index (χ4v) is 2.73. The van der Waals surface area contributed by atoms with E-state index in [1.165, 1.54) is 13.3 Å². The number of carbonyl (C=O) groups is 2. The van der Waals surface area contributed by atoms with Crippen LogP contribution in [0, 0.1) is 6.92 Å². The monoisotopic (exact) mass is 365 g/mol. The molecule has 1 aromatic carbocycles. The van der Waals surface area contributed by atoms with Crippen LogP contribution in [-0.2, 0) is 9.53 Å². The maximum atomic E-state index is 12.6. The number of hydrogen-bond donors (Lipinski definition) is 2. The number of methoxy groups -OCH3 is 1. The highest BCUT2D eigenvalue weighted by atomic mass is 35.5. The van der Waals surface area contributed by atoms with Gasteiger partial charge in [0.05, 0.1) is 41.7 Å². The van der Waals surface area contributed by atoms with Gasteiger partial charge in [-0.15, -0.1) is 0 Å². The van der Waals surface area contributed by atoms with Crippen molar-refractivity contribution in [3.8, 4) is 5.69 Å². The highest BCUT2D eigenvalue weighted by Gasteiger charge is 2.31. The molecule has 0 spiro atoms. The average Bonchev–Trinajstić information content (AvgIpc) is 2.89. The van der Waals surface area contributed by atoms with Crippen molar-refractivity contribution in [3.05, 3.63) is 46.7 Å². The van der Waals surface area contributed by atoms with Crippen LogP contribution in [0.1, 0.15) is 29.4 Å². The van der Waals surface area contributed by atoms with Crippen molar-refractivity contribution in [2.75, 3.05) is 13.7 Å². The van der Waals surface area contributed by atoms with E-state index in [1.807, 2.05) is 0 Å². The van der Waals surface area contributed by atoms with Gasteiger partial charge < -0.3 is 15.2 Å². The second kappa shape index (κ2) is 7.67. The number of carbonyl (C=O) groups excluding carboxylic acids is 1. The average molecular weight is 366 g/mol. The Hall–Kier alpha value is -2.38. The number of ether oxygens (including phenoxy) is 1. The number of aliphatic carboxylic acids is 1. The summed E-state index contributed by atoms with van der Waals surface area (Å²) in [6.07, 6.45) is 1.20. The van der Waals surface area contributed by atoms with E-state index in [1.54, 1.807) is 42.8 Å². The van der Waals surface area contributed by atoms with E-state index in [-0.39, 0.29) is 13.0 Å². The van der Waals surface area contributed by atoms with Crippen LogP contribution in [0.3, 0.4) is 0 Å². The molecule has 1 atom stereocenters. The van der Waals surface area contributed by atoms with Gasteiger partial charge in [-0.2, -0.15) is 5.10 Å². The van der Waals surface area contributed by atoms with E-state index in [0.29, 0.717) is 16.3 Å². The van der Waals surface area contributed by atoms with E-state index in [0.717, 1.165) is 5.69 Å². The number of hydrogen-bond acceptors (Lipinski definition) is 4. The lowest BCUT2D eigenvalue weighted by atomic mass is 9.98. The Morgan fingerprint density at radius 2 is 2.00 bits per heavy atom. The molecule has 0 saturated carbocycles. The fourth-order valence-electron chi connectivity index (χ4n) is 2.60. The molecular weight excluding hydrogens is 346 g/mol. The van der Waals surface area contributed by atoms with Crippen molar-refractivity contribution >= 4 is 23.5 Å². The summed E-state index contributed by atoms with van der Waals surface area (Å²) >= 11 is 5.88. The van der Waals surface area contributed by atoms with Crippen LogP contribution in [0.25, 0.3) is 5.69 Å². The van der Waals surface area contributed by atoms with Gasteiger partial charge in [0.2, 0.25) is 0 Å². The first-order valence-corrected chi connectivity index (χ1v) is 7.97. The summed E-state index contributed by atoms with van der Waals surface area (Å²) in [7, 11) is 1.45. The van der Waals surface area contributed by atoms with Gasteiger partial charge in [-0.3, -0.25) is 9.59 Å². The van der Waals surface area contributed by atoms with Gasteiger partial charge in [0, 0.05) is 12.1 Å². The van der Waals surface area contributed by atoms with Gasteiger partial charge in [-0.1, -0.05) is 11.6 Å². The number of benzene rings is 1. The Morgan fingerprint density at radius 3 is 2.56 bits per heavy atom. The van der Waals surface area contributed by atoms with Crippen molar-refractivity contribution in [1.29, 1.82) is 0 Å². The molecule has 0 aliphatic rings. The van der Waals surface area contributed by atoms with Crippen LogP contribution >= 0.6 is 11.6 Å². The number of amides is 1. The zero-order chi connectivity index (χ0) is 18.6. The maximum absolute atomic E-state index is 12.6. The van der Waals surface area contributed by atoms with Gasteiger partial charge in [0.1, 0.15) is 0 Å². The molecule has 1 amide bonds.